The zero-order chi connectivity index (χ0) is 22.1. The molecular formula is C26H21N3O3. The summed E-state index contributed by atoms with van der Waals surface area (Å²) in [7, 11) is 0. The molecule has 0 saturated carbocycles. The average Bonchev–Trinajstić information content (AvgIpc) is 3.21. The van der Waals surface area contributed by atoms with Gasteiger partial charge in [0.25, 0.3) is 5.69 Å². The second-order valence-corrected chi connectivity index (χ2v) is 7.84. The molecule has 0 saturated heterocycles. The molecule has 3 aromatic carbocycles. The monoisotopic (exact) mass is 423 g/mol. The number of H-pyrrole nitrogens is 1. The van der Waals surface area contributed by atoms with Crippen LogP contribution in [0.25, 0.3) is 17.0 Å². The second kappa shape index (κ2) is 8.15. The molecule has 1 amide bonds. The van der Waals surface area contributed by atoms with E-state index >= 15 is 0 Å². The second-order valence-electron chi connectivity index (χ2n) is 7.84. The highest BCUT2D eigenvalue weighted by Gasteiger charge is 2.33. The van der Waals surface area contributed by atoms with Crippen molar-refractivity contribution in [2.45, 2.75) is 12.5 Å². The van der Waals surface area contributed by atoms with E-state index in [1.54, 1.807) is 24.3 Å². The van der Waals surface area contributed by atoms with Crippen molar-refractivity contribution in [3.63, 3.8) is 0 Å². The summed E-state index contributed by atoms with van der Waals surface area (Å²) < 4.78 is 0. The Kier molecular flexibility index (Phi) is 5.03. The van der Waals surface area contributed by atoms with Gasteiger partial charge >= 0.3 is 0 Å². The van der Waals surface area contributed by atoms with Crippen LogP contribution in [-0.4, -0.2) is 27.3 Å². The number of nitro groups is 1. The Labute approximate surface area is 185 Å². The van der Waals surface area contributed by atoms with Crippen molar-refractivity contribution in [2.75, 3.05) is 6.54 Å². The number of carbonyl (C=O) groups is 1. The highest BCUT2D eigenvalue weighted by atomic mass is 16.6. The summed E-state index contributed by atoms with van der Waals surface area (Å²) in [5.41, 5.74) is 5.22. The summed E-state index contributed by atoms with van der Waals surface area (Å²) in [6.07, 6.45) is 4.03. The predicted molar refractivity (Wildman–Crippen MR) is 124 cm³/mol. The van der Waals surface area contributed by atoms with Crippen LogP contribution >= 0.6 is 0 Å². The van der Waals surface area contributed by atoms with Crippen molar-refractivity contribution in [2.24, 2.45) is 0 Å². The van der Waals surface area contributed by atoms with Gasteiger partial charge in [0.1, 0.15) is 0 Å². The lowest BCUT2D eigenvalue weighted by Crippen LogP contribution is -2.39. The van der Waals surface area contributed by atoms with E-state index in [2.05, 4.69) is 17.1 Å². The summed E-state index contributed by atoms with van der Waals surface area (Å²) in [6.45, 7) is 0.609. The third-order valence-corrected chi connectivity index (χ3v) is 5.96. The minimum absolute atomic E-state index is 0.0278. The molecule has 0 spiro atoms. The highest BCUT2D eigenvalue weighted by molar-refractivity contribution is 5.93. The summed E-state index contributed by atoms with van der Waals surface area (Å²) in [4.78, 5) is 29.1. The van der Waals surface area contributed by atoms with E-state index in [1.807, 2.05) is 47.4 Å². The number of fused-ring (bicyclic) bond motifs is 3. The number of aromatic nitrogens is 1. The van der Waals surface area contributed by atoms with Crippen molar-refractivity contribution >= 4 is 28.6 Å². The Morgan fingerprint density at radius 1 is 1.00 bits per heavy atom. The van der Waals surface area contributed by atoms with Crippen molar-refractivity contribution in [1.29, 1.82) is 0 Å². The molecule has 0 fully saturated rings. The topological polar surface area (TPSA) is 79.2 Å². The summed E-state index contributed by atoms with van der Waals surface area (Å²) in [6, 6.07) is 24.2. The van der Waals surface area contributed by atoms with Gasteiger partial charge in [-0.2, -0.15) is 0 Å². The van der Waals surface area contributed by atoms with Gasteiger partial charge in [-0.25, -0.2) is 0 Å². The lowest BCUT2D eigenvalue weighted by atomic mass is 9.92. The molecule has 1 N–H and O–H groups in total. The van der Waals surface area contributed by atoms with E-state index in [4.69, 9.17) is 0 Å². The summed E-state index contributed by atoms with van der Waals surface area (Å²) in [5, 5.41) is 12.1. The van der Waals surface area contributed by atoms with Crippen LogP contribution in [0.1, 0.15) is 28.4 Å². The van der Waals surface area contributed by atoms with Gasteiger partial charge in [0, 0.05) is 41.4 Å². The number of hydrogen-bond donors (Lipinski definition) is 1. The standard InChI is InChI=1S/C26H21N3O3/c30-24(15-12-18-10-13-20(14-11-18)29(31)32)28-17-16-22-21-8-4-5-9-23(21)27-25(22)26(28)19-6-2-1-3-7-19/h1-15,26-27H,16-17H2. The summed E-state index contributed by atoms with van der Waals surface area (Å²) >= 11 is 0. The van der Waals surface area contributed by atoms with Crippen LogP contribution in [0.5, 0.6) is 0 Å². The summed E-state index contributed by atoms with van der Waals surface area (Å²) in [5.74, 6) is -0.0958. The maximum atomic E-state index is 13.3. The molecule has 1 aromatic heterocycles. The van der Waals surface area contributed by atoms with Gasteiger partial charge in [0.15, 0.2) is 0 Å². The van der Waals surface area contributed by atoms with E-state index in [1.165, 1.54) is 23.1 Å². The molecule has 1 atom stereocenters. The fourth-order valence-electron chi connectivity index (χ4n) is 4.43. The molecule has 32 heavy (non-hydrogen) atoms. The first-order valence-electron chi connectivity index (χ1n) is 10.5. The van der Waals surface area contributed by atoms with Gasteiger partial charge in [-0.1, -0.05) is 48.5 Å². The zero-order valence-electron chi connectivity index (χ0n) is 17.3. The molecule has 2 heterocycles. The molecule has 0 radical (unpaired) electrons. The molecule has 4 aromatic rings. The number of aromatic amines is 1. The van der Waals surface area contributed by atoms with E-state index in [-0.39, 0.29) is 17.6 Å². The van der Waals surface area contributed by atoms with Gasteiger partial charge in [-0.15, -0.1) is 0 Å². The van der Waals surface area contributed by atoms with Gasteiger partial charge in [-0.05, 0) is 47.4 Å². The molecule has 1 aliphatic heterocycles. The third kappa shape index (κ3) is 3.56. The number of nitro benzene ring substituents is 1. The Hall–Kier alpha value is -4.19. The molecule has 0 aliphatic carbocycles. The van der Waals surface area contributed by atoms with E-state index < -0.39 is 4.92 Å². The Bertz CT molecular complexity index is 1320. The zero-order valence-corrected chi connectivity index (χ0v) is 17.3. The predicted octanol–water partition coefficient (Wildman–Crippen LogP) is 5.26. The number of non-ortho nitro benzene ring substituents is 1. The quantitative estimate of drug-likeness (QED) is 0.276. The van der Waals surface area contributed by atoms with Gasteiger partial charge in [-0.3, -0.25) is 14.9 Å². The molecule has 6 nitrogen and oxygen atoms in total. The smallest absolute Gasteiger partial charge is 0.269 e. The average molecular weight is 423 g/mol. The molecule has 5 rings (SSSR count). The Morgan fingerprint density at radius 2 is 1.72 bits per heavy atom. The molecular weight excluding hydrogens is 402 g/mol. The van der Waals surface area contributed by atoms with Crippen molar-refractivity contribution < 1.29 is 9.72 Å². The number of hydrogen-bond acceptors (Lipinski definition) is 3. The third-order valence-electron chi connectivity index (χ3n) is 5.96. The van der Waals surface area contributed by atoms with Gasteiger partial charge < -0.3 is 9.88 Å². The molecule has 1 aliphatic rings. The highest BCUT2D eigenvalue weighted by Crippen LogP contribution is 2.38. The number of rotatable bonds is 4. The van der Waals surface area contributed by atoms with E-state index in [0.717, 1.165) is 28.8 Å². The van der Waals surface area contributed by atoms with E-state index in [0.29, 0.717) is 6.54 Å². The minimum Gasteiger partial charge on any atom is -0.356 e. The largest absolute Gasteiger partial charge is 0.356 e. The van der Waals surface area contributed by atoms with Gasteiger partial charge in [0.05, 0.1) is 11.0 Å². The lowest BCUT2D eigenvalue weighted by molar-refractivity contribution is -0.384. The first kappa shape index (κ1) is 19.8. The van der Waals surface area contributed by atoms with Crippen molar-refractivity contribution in [3.05, 3.63) is 117 Å². The number of para-hydroxylation sites is 1. The van der Waals surface area contributed by atoms with Crippen LogP contribution < -0.4 is 0 Å². The number of benzene rings is 3. The van der Waals surface area contributed by atoms with Crippen molar-refractivity contribution in [3.8, 4) is 0 Å². The van der Waals surface area contributed by atoms with Crippen LogP contribution in [0, 0.1) is 10.1 Å². The van der Waals surface area contributed by atoms with Crippen LogP contribution in [0.2, 0.25) is 0 Å². The van der Waals surface area contributed by atoms with Crippen LogP contribution in [0.3, 0.4) is 0 Å². The van der Waals surface area contributed by atoms with Crippen LogP contribution in [-0.2, 0) is 11.2 Å². The van der Waals surface area contributed by atoms with E-state index in [9.17, 15) is 14.9 Å². The maximum Gasteiger partial charge on any atom is 0.269 e. The number of nitrogens with one attached hydrogen (secondary N) is 1. The van der Waals surface area contributed by atoms with Crippen LogP contribution in [0.4, 0.5) is 5.69 Å². The molecule has 158 valence electrons. The van der Waals surface area contributed by atoms with Crippen LogP contribution in [0.15, 0.2) is 84.9 Å². The number of carbonyl (C=O) groups excluding carboxylic acids is 1. The Balaban J connectivity index is 1.49. The maximum absolute atomic E-state index is 13.3. The minimum atomic E-state index is -0.436. The van der Waals surface area contributed by atoms with Crippen molar-refractivity contribution in [1.82, 2.24) is 9.88 Å². The molecule has 6 heteroatoms. The Morgan fingerprint density at radius 3 is 2.47 bits per heavy atom. The normalized spacial score (nSPS) is 15.8. The number of nitrogens with zero attached hydrogens (tertiary/aromatic N) is 2. The lowest BCUT2D eigenvalue weighted by Gasteiger charge is -2.35. The molecule has 0 bridgehead atoms. The first-order valence-corrected chi connectivity index (χ1v) is 10.5. The fourth-order valence-corrected chi connectivity index (χ4v) is 4.43. The first-order chi connectivity index (χ1) is 15.6. The SMILES string of the molecule is O=C(C=Cc1ccc([N+](=O)[O-])cc1)N1CCc2c([nH]c3ccccc23)C1c1ccccc1. The van der Waals surface area contributed by atoms with Gasteiger partial charge in [0.2, 0.25) is 5.91 Å². The molecule has 1 unspecified atom stereocenters. The fraction of sp³-hybridized carbons (Fsp3) is 0.115. The number of amides is 1.